The molecule has 0 saturated carbocycles. The van der Waals surface area contributed by atoms with Gasteiger partial charge in [0.05, 0.1) is 24.3 Å². The Morgan fingerprint density at radius 1 is 0.964 bits per heavy atom. The molecule has 1 amide bonds. The van der Waals surface area contributed by atoms with Crippen LogP contribution in [0.5, 0.6) is 17.2 Å². The SMILES string of the molecule is [C-]#[N+]c1cc(C#N)cc(COc2cc(O[C@H]3CCc4c(-c5cccc(OCCCN6[C@H](C)CC[C@H]6C)c5C)cccc43)c(Cl)cc2CN[C@H]2CCC(=O)NC2)c1. The first kappa shape index (κ1) is 39.2. The van der Waals surface area contributed by atoms with Crippen molar-refractivity contribution in [3.8, 4) is 34.4 Å². The molecule has 4 atom stereocenters. The van der Waals surface area contributed by atoms with Crippen molar-refractivity contribution in [1.82, 2.24) is 15.5 Å². The highest BCUT2D eigenvalue weighted by Gasteiger charge is 2.29. The number of nitrogens with one attached hydrogen (secondary N) is 2. The Balaban J connectivity index is 1.08. The third-order valence-corrected chi connectivity index (χ3v) is 11.9. The van der Waals surface area contributed by atoms with Crippen molar-refractivity contribution in [1.29, 1.82) is 5.26 Å². The predicted molar refractivity (Wildman–Crippen MR) is 219 cm³/mol. The third kappa shape index (κ3) is 8.98. The van der Waals surface area contributed by atoms with E-state index in [4.69, 9.17) is 32.4 Å². The van der Waals surface area contributed by atoms with Crippen molar-refractivity contribution >= 4 is 23.2 Å². The van der Waals surface area contributed by atoms with Gasteiger partial charge in [0.1, 0.15) is 30.0 Å². The fraction of sp³-hybridized carbons (Fsp3) is 0.413. The van der Waals surface area contributed by atoms with E-state index in [1.807, 2.05) is 12.1 Å². The number of carbonyl (C=O) groups excluding carboxylic acids is 1. The number of amides is 1. The molecule has 0 radical (unpaired) electrons. The minimum Gasteiger partial charge on any atom is -0.493 e. The van der Waals surface area contributed by atoms with Crippen LogP contribution in [0, 0.1) is 24.8 Å². The first-order valence-corrected chi connectivity index (χ1v) is 20.2. The zero-order valence-corrected chi connectivity index (χ0v) is 33.3. The van der Waals surface area contributed by atoms with Gasteiger partial charge in [0.2, 0.25) is 5.91 Å². The average molecular weight is 772 g/mol. The lowest BCUT2D eigenvalue weighted by atomic mass is 9.93. The van der Waals surface area contributed by atoms with Gasteiger partial charge >= 0.3 is 0 Å². The molecule has 0 bridgehead atoms. The fourth-order valence-corrected chi connectivity index (χ4v) is 8.70. The summed E-state index contributed by atoms with van der Waals surface area (Å²) in [6.07, 6.45) is 6.25. The van der Waals surface area contributed by atoms with Crippen LogP contribution < -0.4 is 24.8 Å². The number of piperidine rings is 1. The molecule has 10 heteroatoms. The zero-order valence-electron chi connectivity index (χ0n) is 32.5. The highest BCUT2D eigenvalue weighted by Crippen LogP contribution is 2.44. The summed E-state index contributed by atoms with van der Waals surface area (Å²) in [6.45, 7) is 17.2. The van der Waals surface area contributed by atoms with E-state index in [1.54, 1.807) is 18.2 Å². The third-order valence-electron chi connectivity index (χ3n) is 11.6. The standard InChI is InChI=1S/C46H50ClN5O4/c1-29-12-13-30(2)52(29)18-7-19-54-42-11-6-8-37(31(42)3)38-9-5-10-40-39(38)15-16-43(40)56-45-24-44(55-28-33-20-32(25-48)21-36(22-33)49-4)34(23-41(45)47)26-50-35-14-17-46(53)51-27-35/h5-6,8-11,20-24,29-30,35,43,50H,7,12-19,26-28H2,1-3H3,(H,51,53)/t29-,30-,35+,43+/m1/s1. The van der Waals surface area contributed by atoms with Gasteiger partial charge in [-0.05, 0) is 123 Å². The molecule has 2 aliphatic heterocycles. The Bertz CT molecular complexity index is 2110. The van der Waals surface area contributed by atoms with E-state index in [0.29, 0.717) is 66.0 Å². The molecular weight excluding hydrogens is 722 g/mol. The van der Waals surface area contributed by atoms with Crippen LogP contribution >= 0.6 is 11.6 Å². The van der Waals surface area contributed by atoms with Gasteiger partial charge in [-0.15, -0.1) is 0 Å². The summed E-state index contributed by atoms with van der Waals surface area (Å²) >= 11 is 6.96. The van der Waals surface area contributed by atoms with Crippen LogP contribution in [0.2, 0.25) is 5.02 Å². The Hall–Kier alpha value is -5.06. The number of carbonyl (C=O) groups is 1. The highest BCUT2D eigenvalue weighted by atomic mass is 35.5. The van der Waals surface area contributed by atoms with Crippen molar-refractivity contribution in [2.75, 3.05) is 19.7 Å². The summed E-state index contributed by atoms with van der Waals surface area (Å²) < 4.78 is 19.5. The lowest BCUT2D eigenvalue weighted by Crippen LogP contribution is -2.45. The van der Waals surface area contributed by atoms with E-state index in [1.165, 1.54) is 29.5 Å². The molecule has 0 unspecified atom stereocenters. The van der Waals surface area contributed by atoms with Crippen molar-refractivity contribution in [2.24, 2.45) is 0 Å². The number of fused-ring (bicyclic) bond motifs is 1. The number of rotatable bonds is 14. The van der Waals surface area contributed by atoms with E-state index in [-0.39, 0.29) is 24.7 Å². The zero-order chi connectivity index (χ0) is 39.2. The molecule has 2 heterocycles. The van der Waals surface area contributed by atoms with Crippen LogP contribution in [0.15, 0.2) is 66.7 Å². The lowest BCUT2D eigenvalue weighted by Gasteiger charge is -2.25. The Morgan fingerprint density at radius 2 is 1.77 bits per heavy atom. The molecule has 9 nitrogen and oxygen atoms in total. The van der Waals surface area contributed by atoms with Gasteiger partial charge < -0.3 is 24.8 Å². The summed E-state index contributed by atoms with van der Waals surface area (Å²) in [4.78, 5) is 17.9. The maximum absolute atomic E-state index is 11.7. The van der Waals surface area contributed by atoms with Crippen LogP contribution in [0.4, 0.5) is 5.69 Å². The molecule has 0 spiro atoms. The van der Waals surface area contributed by atoms with Gasteiger partial charge in [-0.25, -0.2) is 4.85 Å². The minimum atomic E-state index is -0.200. The summed E-state index contributed by atoms with van der Waals surface area (Å²) in [5, 5.41) is 16.5. The van der Waals surface area contributed by atoms with Crippen LogP contribution in [-0.4, -0.2) is 48.6 Å². The van der Waals surface area contributed by atoms with Crippen LogP contribution in [0.3, 0.4) is 0 Å². The number of hydrogen-bond acceptors (Lipinski definition) is 7. The van der Waals surface area contributed by atoms with Crippen molar-refractivity contribution in [3.05, 3.63) is 117 Å². The van der Waals surface area contributed by atoms with Gasteiger partial charge in [-0.3, -0.25) is 9.69 Å². The van der Waals surface area contributed by atoms with Gasteiger partial charge in [-0.1, -0.05) is 41.9 Å². The molecule has 0 aromatic heterocycles. The number of halogens is 1. The number of ether oxygens (including phenoxy) is 3. The topological polar surface area (TPSA) is 100 Å². The van der Waals surface area contributed by atoms with E-state index in [0.717, 1.165) is 60.2 Å². The summed E-state index contributed by atoms with van der Waals surface area (Å²) in [7, 11) is 0. The van der Waals surface area contributed by atoms with Gasteiger partial charge in [-0.2, -0.15) is 5.26 Å². The molecule has 4 aromatic carbocycles. The smallest absolute Gasteiger partial charge is 0.220 e. The molecule has 3 aliphatic rings. The van der Waals surface area contributed by atoms with Gasteiger partial charge in [0.15, 0.2) is 5.69 Å². The number of nitriles is 1. The lowest BCUT2D eigenvalue weighted by molar-refractivity contribution is -0.122. The summed E-state index contributed by atoms with van der Waals surface area (Å²) in [5.74, 6) is 2.11. The number of hydrogen-bond donors (Lipinski definition) is 2. The van der Waals surface area contributed by atoms with Crippen molar-refractivity contribution in [3.63, 3.8) is 0 Å². The van der Waals surface area contributed by atoms with E-state index in [2.05, 4.69) is 83.6 Å². The quantitative estimate of drug-likeness (QED) is 0.0974. The monoisotopic (exact) mass is 771 g/mol. The van der Waals surface area contributed by atoms with Gasteiger partial charge in [0, 0.05) is 61.4 Å². The maximum Gasteiger partial charge on any atom is 0.220 e. The van der Waals surface area contributed by atoms with Crippen LogP contribution in [0.1, 0.15) is 91.9 Å². The molecule has 2 N–H and O–H groups in total. The van der Waals surface area contributed by atoms with E-state index >= 15 is 0 Å². The van der Waals surface area contributed by atoms with Crippen molar-refractivity contribution < 1.29 is 19.0 Å². The second kappa shape index (κ2) is 17.8. The normalized spacial score (nSPS) is 20.5. The molecular formula is C46H50ClN5O4. The molecule has 2 saturated heterocycles. The number of benzene rings is 4. The Morgan fingerprint density at radius 3 is 2.54 bits per heavy atom. The minimum absolute atomic E-state index is 0.0661. The fourth-order valence-electron chi connectivity index (χ4n) is 8.47. The maximum atomic E-state index is 11.7. The predicted octanol–water partition coefficient (Wildman–Crippen LogP) is 9.39. The van der Waals surface area contributed by atoms with E-state index in [9.17, 15) is 10.1 Å². The van der Waals surface area contributed by atoms with E-state index < -0.39 is 0 Å². The average Bonchev–Trinajstić information content (AvgIpc) is 3.77. The second-order valence-corrected chi connectivity index (χ2v) is 15.8. The molecule has 4 aromatic rings. The molecule has 1 aliphatic carbocycles. The molecule has 7 rings (SSSR count). The second-order valence-electron chi connectivity index (χ2n) is 15.4. The largest absolute Gasteiger partial charge is 0.493 e. The molecule has 2 fully saturated rings. The highest BCUT2D eigenvalue weighted by molar-refractivity contribution is 6.32. The Kier molecular flexibility index (Phi) is 12.5. The first-order valence-electron chi connectivity index (χ1n) is 19.8. The molecule has 290 valence electrons. The van der Waals surface area contributed by atoms with Crippen molar-refractivity contribution in [2.45, 2.75) is 103 Å². The van der Waals surface area contributed by atoms with Crippen LogP contribution in [0.25, 0.3) is 16.0 Å². The van der Waals surface area contributed by atoms with Gasteiger partial charge in [0.25, 0.3) is 0 Å². The summed E-state index contributed by atoms with van der Waals surface area (Å²) in [5.41, 5.74) is 8.28. The Labute approximate surface area is 335 Å². The first-order chi connectivity index (χ1) is 27.2. The number of likely N-dealkylation sites (tertiary alicyclic amines) is 1. The number of nitrogens with zero attached hydrogens (tertiary/aromatic N) is 3. The molecule has 56 heavy (non-hydrogen) atoms. The van der Waals surface area contributed by atoms with Crippen LogP contribution in [-0.2, 0) is 24.4 Å². The summed E-state index contributed by atoms with van der Waals surface area (Å²) in [6, 6.07) is 25.1.